The zero-order valence-corrected chi connectivity index (χ0v) is 11.5. The van der Waals surface area contributed by atoms with Crippen LogP contribution in [-0.4, -0.2) is 30.3 Å². The van der Waals surface area contributed by atoms with Gasteiger partial charge >= 0.3 is 0 Å². The van der Waals surface area contributed by atoms with Gasteiger partial charge in [-0.1, -0.05) is 18.2 Å². The molecule has 1 atom stereocenters. The van der Waals surface area contributed by atoms with E-state index in [9.17, 15) is 4.79 Å². The fraction of sp³-hybridized carbons (Fsp3) is 0.533. The van der Waals surface area contributed by atoms with Gasteiger partial charge in [-0.05, 0) is 38.3 Å². The molecular weight excluding hydrogens is 242 g/mol. The third-order valence-corrected chi connectivity index (χ3v) is 2.76. The maximum atomic E-state index is 11.6. The van der Waals surface area contributed by atoms with Gasteiger partial charge < -0.3 is 15.2 Å². The molecule has 0 saturated carbocycles. The highest BCUT2D eigenvalue weighted by atomic mass is 16.5. The Balaban J connectivity index is 2.07. The van der Waals surface area contributed by atoms with Crippen LogP contribution in [0.2, 0.25) is 0 Å². The first-order valence-corrected chi connectivity index (χ1v) is 6.80. The summed E-state index contributed by atoms with van der Waals surface area (Å²) in [7, 11) is 0. The highest BCUT2D eigenvalue weighted by Gasteiger charge is 2.06. The number of para-hydroxylation sites is 1. The first kappa shape index (κ1) is 15.5. The van der Waals surface area contributed by atoms with Crippen LogP contribution in [-0.2, 0) is 4.79 Å². The monoisotopic (exact) mass is 265 g/mol. The molecule has 1 amide bonds. The third kappa shape index (κ3) is 7.47. The summed E-state index contributed by atoms with van der Waals surface area (Å²) in [4.78, 5) is 11.6. The van der Waals surface area contributed by atoms with Crippen LogP contribution < -0.4 is 10.1 Å². The van der Waals surface area contributed by atoms with E-state index in [0.29, 0.717) is 19.4 Å². The van der Waals surface area contributed by atoms with Crippen molar-refractivity contribution in [2.75, 3.05) is 13.2 Å². The first-order chi connectivity index (χ1) is 9.22. The van der Waals surface area contributed by atoms with Gasteiger partial charge in [0.05, 0.1) is 6.61 Å². The van der Waals surface area contributed by atoms with Crippen LogP contribution in [0.5, 0.6) is 5.75 Å². The average Bonchev–Trinajstić information content (AvgIpc) is 2.42. The minimum Gasteiger partial charge on any atom is -0.494 e. The number of carbonyl (C=O) groups is 1. The van der Waals surface area contributed by atoms with E-state index < -0.39 is 0 Å². The van der Waals surface area contributed by atoms with Gasteiger partial charge in [0.15, 0.2) is 0 Å². The summed E-state index contributed by atoms with van der Waals surface area (Å²) in [5, 5.41) is 11.6. The molecule has 0 fully saturated rings. The van der Waals surface area contributed by atoms with E-state index in [-0.39, 0.29) is 18.6 Å². The Bertz CT molecular complexity index is 354. The lowest BCUT2D eigenvalue weighted by Crippen LogP contribution is -2.32. The first-order valence-electron chi connectivity index (χ1n) is 6.80. The van der Waals surface area contributed by atoms with Crippen LogP contribution in [0.1, 0.15) is 32.6 Å². The number of nitrogens with one attached hydrogen (secondary N) is 1. The Kier molecular flexibility index (Phi) is 7.66. The molecule has 0 heterocycles. The second-order valence-electron chi connectivity index (χ2n) is 4.60. The zero-order valence-electron chi connectivity index (χ0n) is 11.5. The summed E-state index contributed by atoms with van der Waals surface area (Å²) in [6, 6.07) is 9.70. The molecule has 1 rings (SSSR count). The number of ether oxygens (including phenoxy) is 1. The van der Waals surface area contributed by atoms with Gasteiger partial charge in [-0.15, -0.1) is 0 Å². The predicted molar refractivity (Wildman–Crippen MR) is 75.1 cm³/mol. The van der Waals surface area contributed by atoms with Crippen molar-refractivity contribution in [2.45, 2.75) is 38.6 Å². The minimum atomic E-state index is 0.0436. The maximum absolute atomic E-state index is 11.6. The second-order valence-corrected chi connectivity index (χ2v) is 4.60. The van der Waals surface area contributed by atoms with E-state index in [1.807, 2.05) is 37.3 Å². The zero-order chi connectivity index (χ0) is 13.9. The molecule has 1 aromatic rings. The van der Waals surface area contributed by atoms with Crippen molar-refractivity contribution in [3.8, 4) is 5.75 Å². The van der Waals surface area contributed by atoms with Gasteiger partial charge in [0, 0.05) is 19.1 Å². The lowest BCUT2D eigenvalue weighted by molar-refractivity contribution is -0.121. The lowest BCUT2D eigenvalue weighted by atomic mass is 10.2. The summed E-state index contributed by atoms with van der Waals surface area (Å²) in [5.41, 5.74) is 0. The van der Waals surface area contributed by atoms with E-state index >= 15 is 0 Å². The minimum absolute atomic E-state index is 0.0436. The van der Waals surface area contributed by atoms with Gasteiger partial charge in [-0.2, -0.15) is 0 Å². The summed E-state index contributed by atoms with van der Waals surface area (Å²) in [6.45, 7) is 2.67. The molecular formula is C15H23NO3. The SMILES string of the molecule is CC(CCCO)NC(=O)CCCOc1ccccc1. The number of aliphatic hydroxyl groups excluding tert-OH is 1. The van der Waals surface area contributed by atoms with Gasteiger partial charge in [-0.3, -0.25) is 4.79 Å². The van der Waals surface area contributed by atoms with Crippen LogP contribution in [0.3, 0.4) is 0 Å². The van der Waals surface area contributed by atoms with Crippen molar-refractivity contribution in [3.63, 3.8) is 0 Å². The normalized spacial score (nSPS) is 11.9. The molecule has 0 radical (unpaired) electrons. The van der Waals surface area contributed by atoms with Crippen LogP contribution >= 0.6 is 0 Å². The third-order valence-electron chi connectivity index (χ3n) is 2.76. The van der Waals surface area contributed by atoms with Gasteiger partial charge in [0.25, 0.3) is 0 Å². The number of aliphatic hydroxyl groups is 1. The van der Waals surface area contributed by atoms with Crippen LogP contribution in [0.4, 0.5) is 0 Å². The number of hydrogen-bond acceptors (Lipinski definition) is 3. The van der Waals surface area contributed by atoms with E-state index in [4.69, 9.17) is 9.84 Å². The number of carbonyl (C=O) groups excluding carboxylic acids is 1. The van der Waals surface area contributed by atoms with Crippen LogP contribution in [0.25, 0.3) is 0 Å². The molecule has 0 spiro atoms. The molecule has 1 aromatic carbocycles. The van der Waals surface area contributed by atoms with Crippen LogP contribution in [0, 0.1) is 0 Å². The number of amides is 1. The van der Waals surface area contributed by atoms with Gasteiger partial charge in [-0.25, -0.2) is 0 Å². The molecule has 0 aliphatic rings. The van der Waals surface area contributed by atoms with Gasteiger partial charge in [0.2, 0.25) is 5.91 Å². The molecule has 106 valence electrons. The molecule has 1 unspecified atom stereocenters. The Hall–Kier alpha value is -1.55. The topological polar surface area (TPSA) is 58.6 Å². The molecule has 0 saturated heterocycles. The van der Waals surface area contributed by atoms with Crippen molar-refractivity contribution in [3.05, 3.63) is 30.3 Å². The largest absolute Gasteiger partial charge is 0.494 e. The molecule has 0 aromatic heterocycles. The molecule has 0 bridgehead atoms. The molecule has 0 aliphatic heterocycles. The fourth-order valence-electron chi connectivity index (χ4n) is 1.76. The Morgan fingerprint density at radius 2 is 2.05 bits per heavy atom. The van der Waals surface area contributed by atoms with Crippen molar-refractivity contribution in [2.24, 2.45) is 0 Å². The van der Waals surface area contributed by atoms with E-state index in [1.165, 1.54) is 0 Å². The van der Waals surface area contributed by atoms with Crippen molar-refractivity contribution in [1.29, 1.82) is 0 Å². The second kappa shape index (κ2) is 9.39. The average molecular weight is 265 g/mol. The standard InChI is InChI=1S/C15H23NO3/c1-13(7-5-11-17)16-15(18)10-6-12-19-14-8-3-2-4-9-14/h2-4,8-9,13,17H,5-7,10-12H2,1H3,(H,16,18). The summed E-state index contributed by atoms with van der Waals surface area (Å²) < 4.78 is 5.51. The molecule has 4 heteroatoms. The predicted octanol–water partition coefficient (Wildman–Crippen LogP) is 2.12. The Morgan fingerprint density at radius 3 is 2.74 bits per heavy atom. The van der Waals surface area contributed by atoms with E-state index in [1.54, 1.807) is 0 Å². The van der Waals surface area contributed by atoms with Crippen molar-refractivity contribution < 1.29 is 14.6 Å². The van der Waals surface area contributed by atoms with E-state index in [0.717, 1.165) is 18.6 Å². The summed E-state index contributed by atoms with van der Waals surface area (Å²) >= 11 is 0. The van der Waals surface area contributed by atoms with Gasteiger partial charge in [0.1, 0.15) is 5.75 Å². The highest BCUT2D eigenvalue weighted by molar-refractivity contribution is 5.76. The molecule has 2 N–H and O–H groups in total. The Labute approximate surface area is 114 Å². The summed E-state index contributed by atoms with van der Waals surface area (Å²) in [5.74, 6) is 0.876. The molecule has 4 nitrogen and oxygen atoms in total. The molecule has 0 aliphatic carbocycles. The highest BCUT2D eigenvalue weighted by Crippen LogP contribution is 2.08. The Morgan fingerprint density at radius 1 is 1.32 bits per heavy atom. The smallest absolute Gasteiger partial charge is 0.220 e. The number of benzene rings is 1. The fourth-order valence-corrected chi connectivity index (χ4v) is 1.76. The van der Waals surface area contributed by atoms with E-state index in [2.05, 4.69) is 5.32 Å². The van der Waals surface area contributed by atoms with Crippen molar-refractivity contribution >= 4 is 5.91 Å². The van der Waals surface area contributed by atoms with Crippen LogP contribution in [0.15, 0.2) is 30.3 Å². The summed E-state index contributed by atoms with van der Waals surface area (Å²) in [6.07, 6.45) is 2.70. The van der Waals surface area contributed by atoms with Crippen molar-refractivity contribution in [1.82, 2.24) is 5.32 Å². The number of hydrogen-bond donors (Lipinski definition) is 2. The molecule has 19 heavy (non-hydrogen) atoms. The lowest BCUT2D eigenvalue weighted by Gasteiger charge is -2.13. The quantitative estimate of drug-likeness (QED) is 0.672. The maximum Gasteiger partial charge on any atom is 0.220 e. The number of rotatable bonds is 9.